The molecule has 0 radical (unpaired) electrons. The summed E-state index contributed by atoms with van der Waals surface area (Å²) in [6, 6.07) is 8.22. The van der Waals surface area contributed by atoms with Crippen LogP contribution in [0.1, 0.15) is 88.2 Å². The van der Waals surface area contributed by atoms with E-state index >= 15 is 0 Å². The molecule has 2 heterocycles. The number of aryl methyl sites for hydroxylation is 1. The van der Waals surface area contributed by atoms with Crippen molar-refractivity contribution in [2.45, 2.75) is 115 Å². The van der Waals surface area contributed by atoms with Gasteiger partial charge in [-0.05, 0) is 89.8 Å². The van der Waals surface area contributed by atoms with E-state index in [4.69, 9.17) is 0 Å². The molecule has 6 atom stereocenters. The summed E-state index contributed by atoms with van der Waals surface area (Å²) < 4.78 is 24.3. The van der Waals surface area contributed by atoms with Gasteiger partial charge in [-0.3, -0.25) is 24.3 Å². The molecule has 1 aromatic carbocycles. The third-order valence-corrected chi connectivity index (χ3v) is 12.3. The Morgan fingerprint density at radius 1 is 1.00 bits per heavy atom. The zero-order valence-electron chi connectivity index (χ0n) is 30.0. The first kappa shape index (κ1) is 38.5. The number of nitrogens with one attached hydrogen (secondary N) is 3. The van der Waals surface area contributed by atoms with Crippen molar-refractivity contribution in [2.75, 3.05) is 19.3 Å². The largest absolute Gasteiger partial charge is 0.390 e. The molecule has 4 rings (SSSR count). The minimum atomic E-state index is -3.87. The Morgan fingerprint density at radius 3 is 2.27 bits per heavy atom. The summed E-state index contributed by atoms with van der Waals surface area (Å²) in [5.41, 5.74) is 1.35. The van der Waals surface area contributed by atoms with Gasteiger partial charge in [0.05, 0.1) is 28.5 Å². The van der Waals surface area contributed by atoms with Gasteiger partial charge in [0.25, 0.3) is 5.91 Å². The number of β-amino-alcohol motifs (C(OH)–C–C–N with tert-alkyl or cyclic N) is 1. The number of pyridine rings is 1. The van der Waals surface area contributed by atoms with Crippen LogP contribution in [0.5, 0.6) is 0 Å². The number of rotatable bonds is 12. The molecule has 1 saturated carbocycles. The number of piperidine rings is 1. The number of aliphatic hydroxyl groups excluding tert-OH is 1. The van der Waals surface area contributed by atoms with Crippen LogP contribution in [0.3, 0.4) is 0 Å². The van der Waals surface area contributed by atoms with Crippen LogP contribution in [-0.4, -0.2) is 95.0 Å². The van der Waals surface area contributed by atoms with Crippen molar-refractivity contribution in [2.24, 2.45) is 11.8 Å². The van der Waals surface area contributed by atoms with Gasteiger partial charge in [0.1, 0.15) is 6.04 Å². The summed E-state index contributed by atoms with van der Waals surface area (Å²) in [4.78, 5) is 47.3. The van der Waals surface area contributed by atoms with Crippen molar-refractivity contribution in [1.82, 2.24) is 25.8 Å². The lowest BCUT2D eigenvalue weighted by Crippen LogP contribution is -2.64. The molecule has 2 aromatic rings. The fourth-order valence-electron chi connectivity index (χ4n) is 7.07. The van der Waals surface area contributed by atoms with Crippen LogP contribution in [0.15, 0.2) is 48.8 Å². The number of likely N-dealkylation sites (tertiary alicyclic amines) is 1. The average Bonchev–Trinajstić information content (AvgIpc) is 3.01. The number of hydrogen-bond acceptors (Lipinski definition) is 8. The predicted octanol–water partition coefficient (Wildman–Crippen LogP) is 3.20. The molecular weight excluding hydrogens is 643 g/mol. The maximum absolute atomic E-state index is 14.2. The Labute approximate surface area is 291 Å². The fourth-order valence-corrected chi connectivity index (χ4v) is 7.67. The van der Waals surface area contributed by atoms with Crippen LogP contribution >= 0.6 is 0 Å². The molecule has 270 valence electrons. The van der Waals surface area contributed by atoms with Crippen molar-refractivity contribution in [3.8, 4) is 0 Å². The quantitative estimate of drug-likeness (QED) is 0.264. The van der Waals surface area contributed by atoms with E-state index in [1.165, 1.54) is 20.0 Å². The predicted molar refractivity (Wildman–Crippen MR) is 191 cm³/mol. The molecule has 49 heavy (non-hydrogen) atoms. The van der Waals surface area contributed by atoms with E-state index in [2.05, 4.69) is 25.8 Å². The van der Waals surface area contributed by atoms with Crippen molar-refractivity contribution >= 4 is 27.6 Å². The number of sulfone groups is 1. The summed E-state index contributed by atoms with van der Waals surface area (Å²) in [6.45, 7) is 11.2. The second-order valence-electron chi connectivity index (χ2n) is 15.7. The molecule has 3 amide bonds. The summed E-state index contributed by atoms with van der Waals surface area (Å²) >= 11 is 0. The van der Waals surface area contributed by atoms with Crippen LogP contribution in [0.2, 0.25) is 0 Å². The minimum Gasteiger partial charge on any atom is -0.390 e. The van der Waals surface area contributed by atoms with Gasteiger partial charge < -0.3 is 21.1 Å². The van der Waals surface area contributed by atoms with E-state index in [1.807, 2.05) is 51.1 Å². The molecule has 0 spiro atoms. The smallest absolute Gasteiger partial charge is 0.253 e. The Hall–Kier alpha value is -3.35. The lowest BCUT2D eigenvalue weighted by Gasteiger charge is -2.47. The molecule has 12 heteroatoms. The first-order valence-corrected chi connectivity index (χ1v) is 19.3. The third kappa shape index (κ3) is 10.1. The van der Waals surface area contributed by atoms with Gasteiger partial charge in [0.15, 0.2) is 9.84 Å². The van der Waals surface area contributed by atoms with Gasteiger partial charge >= 0.3 is 0 Å². The molecule has 1 aromatic heterocycles. The molecule has 1 saturated heterocycles. The number of aromatic nitrogens is 1. The molecule has 2 aliphatic rings. The highest BCUT2D eigenvalue weighted by Gasteiger charge is 2.46. The number of aliphatic hydroxyl groups is 1. The fraction of sp³-hybridized carbons (Fsp3) is 0.622. The maximum atomic E-state index is 14.2. The number of hydrogen-bond donors (Lipinski definition) is 4. The van der Waals surface area contributed by atoms with Gasteiger partial charge in [-0.25, -0.2) is 8.42 Å². The Morgan fingerprint density at radius 2 is 1.65 bits per heavy atom. The Bertz CT molecular complexity index is 1570. The second kappa shape index (κ2) is 15.7. The van der Waals surface area contributed by atoms with Crippen LogP contribution in [-0.2, 0) is 25.8 Å². The second-order valence-corrected chi connectivity index (χ2v) is 18.3. The Balaban J connectivity index is 1.63. The van der Waals surface area contributed by atoms with Gasteiger partial charge in [-0.1, -0.05) is 49.6 Å². The number of carbonyl (C=O) groups is 3. The van der Waals surface area contributed by atoms with E-state index in [0.29, 0.717) is 24.8 Å². The van der Waals surface area contributed by atoms with E-state index in [1.54, 1.807) is 19.2 Å². The van der Waals surface area contributed by atoms with Gasteiger partial charge in [0, 0.05) is 37.3 Å². The normalized spacial score (nSPS) is 22.2. The first-order valence-electron chi connectivity index (χ1n) is 17.4. The zero-order chi connectivity index (χ0) is 36.1. The van der Waals surface area contributed by atoms with Crippen LogP contribution in [0.25, 0.3) is 0 Å². The van der Waals surface area contributed by atoms with Gasteiger partial charge in [0.2, 0.25) is 11.8 Å². The standard InChI is InChI=1S/C37H55N5O6S/c1-24-17-28(21-38-20-24)33(44)40-32(37(5,6)49(7,47)48)35(46)39-29(18-25-13-9-8-10-14-25)31(43)23-42-22-27-16-12-11-15-26(27)19-30(42)34(45)41-36(2,3)4/h8-10,13-14,17,20-21,26-27,29-32,43H,11-12,15-16,18-19,22-23H2,1-7H3,(H,39,46)(H,40,44)(H,41,45). The van der Waals surface area contributed by atoms with E-state index in [0.717, 1.165) is 43.1 Å². The summed E-state index contributed by atoms with van der Waals surface area (Å²) in [5.74, 6) is -0.582. The van der Waals surface area contributed by atoms with E-state index < -0.39 is 56.2 Å². The molecule has 6 unspecified atom stereocenters. The van der Waals surface area contributed by atoms with Gasteiger partial charge in [-0.2, -0.15) is 0 Å². The molecule has 11 nitrogen and oxygen atoms in total. The summed E-state index contributed by atoms with van der Waals surface area (Å²) in [7, 11) is -3.87. The zero-order valence-corrected chi connectivity index (χ0v) is 30.8. The average molecular weight is 698 g/mol. The number of nitrogens with zero attached hydrogens (tertiary/aromatic N) is 2. The van der Waals surface area contributed by atoms with Crippen LogP contribution in [0.4, 0.5) is 0 Å². The SMILES string of the molecule is Cc1cncc(C(=O)NC(C(=O)NC(Cc2ccccc2)C(O)CN2CC3CCCCC3CC2C(=O)NC(C)(C)C)C(C)(C)S(C)(=O)=O)c1. The topological polar surface area (TPSA) is 158 Å². The lowest BCUT2D eigenvalue weighted by atomic mass is 9.72. The first-order chi connectivity index (χ1) is 22.9. The third-order valence-electron chi connectivity index (χ3n) is 10.1. The number of amides is 3. The molecule has 4 N–H and O–H groups in total. The van der Waals surface area contributed by atoms with Crippen molar-refractivity contribution in [1.29, 1.82) is 0 Å². The molecule has 1 aliphatic carbocycles. The highest BCUT2D eigenvalue weighted by Crippen LogP contribution is 2.39. The summed E-state index contributed by atoms with van der Waals surface area (Å²) in [6.07, 6.45) is 8.28. The van der Waals surface area contributed by atoms with E-state index in [9.17, 15) is 27.9 Å². The highest BCUT2D eigenvalue weighted by atomic mass is 32.2. The van der Waals surface area contributed by atoms with E-state index in [-0.39, 0.29) is 24.4 Å². The van der Waals surface area contributed by atoms with Crippen molar-refractivity contribution in [3.63, 3.8) is 0 Å². The molecule has 0 bridgehead atoms. The highest BCUT2D eigenvalue weighted by molar-refractivity contribution is 7.92. The lowest BCUT2D eigenvalue weighted by molar-refractivity contribution is -0.133. The minimum absolute atomic E-state index is 0.0734. The monoisotopic (exact) mass is 697 g/mol. The van der Waals surface area contributed by atoms with Crippen molar-refractivity contribution < 1.29 is 27.9 Å². The Kier molecular flexibility index (Phi) is 12.3. The summed E-state index contributed by atoms with van der Waals surface area (Å²) in [5, 5.41) is 20.7. The number of fused-ring (bicyclic) bond motifs is 1. The van der Waals surface area contributed by atoms with Crippen LogP contribution < -0.4 is 16.0 Å². The van der Waals surface area contributed by atoms with Crippen LogP contribution in [0, 0.1) is 18.8 Å². The molecule has 1 aliphatic heterocycles. The maximum Gasteiger partial charge on any atom is 0.253 e. The van der Waals surface area contributed by atoms with Gasteiger partial charge in [-0.15, -0.1) is 0 Å². The van der Waals surface area contributed by atoms with Crippen molar-refractivity contribution in [3.05, 3.63) is 65.5 Å². The number of carbonyl (C=O) groups excluding carboxylic acids is 3. The number of benzene rings is 1. The molecular formula is C37H55N5O6S. The molecule has 2 fully saturated rings.